The molecule has 2 aromatic rings. The van der Waals surface area contributed by atoms with Gasteiger partial charge >= 0.3 is 0 Å². The van der Waals surface area contributed by atoms with E-state index in [-0.39, 0.29) is 39.8 Å². The van der Waals surface area contributed by atoms with Gasteiger partial charge in [-0.05, 0) is 54.9 Å². The van der Waals surface area contributed by atoms with Gasteiger partial charge in [0.1, 0.15) is 17.4 Å². The highest BCUT2D eigenvalue weighted by Gasteiger charge is 2.16. The zero-order chi connectivity index (χ0) is 25.3. The number of azo groups is 1. The molecule has 0 aliphatic rings. The number of carbonyl (C=O) groups is 1. The van der Waals surface area contributed by atoms with Gasteiger partial charge in [-0.1, -0.05) is 6.92 Å². The Balaban J connectivity index is 2.43. The van der Waals surface area contributed by atoms with Gasteiger partial charge in [0.15, 0.2) is 0 Å². The number of amides is 1. The van der Waals surface area contributed by atoms with Gasteiger partial charge in [0.05, 0.1) is 33.4 Å². The number of hydrogen-bond acceptors (Lipinski definition) is 8. The number of non-ortho nitro benzene ring substituents is 1. The molecule has 180 valence electrons. The predicted octanol–water partition coefficient (Wildman–Crippen LogP) is 6.24. The summed E-state index contributed by atoms with van der Waals surface area (Å²) in [7, 11) is 0. The molecule has 34 heavy (non-hydrogen) atoms. The topological polar surface area (TPSA) is 133 Å². The number of nitriles is 1. The van der Waals surface area contributed by atoms with Crippen molar-refractivity contribution in [3.63, 3.8) is 0 Å². The van der Waals surface area contributed by atoms with Gasteiger partial charge in [0.2, 0.25) is 5.91 Å². The second kappa shape index (κ2) is 12.8. The number of rotatable bonds is 11. The predicted molar refractivity (Wildman–Crippen MR) is 134 cm³/mol. The Bertz CT molecular complexity index is 1110. The van der Waals surface area contributed by atoms with Gasteiger partial charge in [-0.25, -0.2) is 0 Å². The molecule has 0 heterocycles. The van der Waals surface area contributed by atoms with E-state index in [1.165, 1.54) is 6.07 Å². The van der Waals surface area contributed by atoms with Crippen molar-refractivity contribution in [1.82, 2.24) is 0 Å². The van der Waals surface area contributed by atoms with Gasteiger partial charge in [0.25, 0.3) is 5.69 Å². The van der Waals surface area contributed by atoms with Crippen molar-refractivity contribution in [2.45, 2.75) is 40.2 Å². The number of nitro benzene ring substituents is 1. The summed E-state index contributed by atoms with van der Waals surface area (Å²) in [5.41, 5.74) is 1.66. The summed E-state index contributed by atoms with van der Waals surface area (Å²) < 4.78 is 5.92. The average Bonchev–Trinajstić information content (AvgIpc) is 2.80. The first-order valence-corrected chi connectivity index (χ1v) is 11.6. The molecule has 0 atom stereocenters. The molecule has 1 amide bonds. The fourth-order valence-electron chi connectivity index (χ4n) is 3.00. The molecule has 0 spiro atoms. The number of nitrogens with zero attached hydrogens (tertiary/aromatic N) is 5. The van der Waals surface area contributed by atoms with Gasteiger partial charge < -0.3 is 15.0 Å². The maximum absolute atomic E-state index is 12.1. The molecule has 0 fully saturated rings. The molecule has 0 saturated heterocycles. The molecule has 0 unspecified atom stereocenters. The van der Waals surface area contributed by atoms with Crippen LogP contribution in [-0.4, -0.2) is 36.6 Å². The number of carbonyl (C=O) groups excluding carboxylic acids is 1. The third-order valence-electron chi connectivity index (χ3n) is 4.77. The third kappa shape index (κ3) is 7.33. The van der Waals surface area contributed by atoms with Crippen molar-refractivity contribution in [2.75, 3.05) is 29.9 Å². The van der Waals surface area contributed by atoms with E-state index < -0.39 is 4.92 Å². The highest BCUT2D eigenvalue weighted by molar-refractivity contribution is 9.10. The monoisotopic (exact) mass is 530 g/mol. The molecule has 11 heteroatoms. The lowest BCUT2D eigenvalue weighted by Crippen LogP contribution is -2.28. The van der Waals surface area contributed by atoms with E-state index >= 15 is 0 Å². The van der Waals surface area contributed by atoms with E-state index in [9.17, 15) is 20.2 Å². The summed E-state index contributed by atoms with van der Waals surface area (Å²) in [5.74, 6) is -0.186. The Morgan fingerprint density at radius 2 is 2.03 bits per heavy atom. The Morgan fingerprint density at radius 3 is 2.62 bits per heavy atom. The molecule has 10 nitrogen and oxygen atoms in total. The third-order valence-corrected chi connectivity index (χ3v) is 5.38. The summed E-state index contributed by atoms with van der Waals surface area (Å²) >= 11 is 3.23. The molecule has 2 rings (SSSR count). The molecule has 0 aromatic heterocycles. The zero-order valence-electron chi connectivity index (χ0n) is 19.5. The lowest BCUT2D eigenvalue weighted by molar-refractivity contribution is -0.384. The van der Waals surface area contributed by atoms with Crippen LogP contribution in [0.2, 0.25) is 0 Å². The Hall–Kier alpha value is -3.36. The molecular weight excluding hydrogens is 504 g/mol. The minimum atomic E-state index is -0.588. The van der Waals surface area contributed by atoms with Crippen LogP contribution in [0.4, 0.5) is 28.4 Å². The number of nitrogens with one attached hydrogen (secondary N) is 1. The highest BCUT2D eigenvalue weighted by Crippen LogP contribution is 2.37. The van der Waals surface area contributed by atoms with Gasteiger partial charge in [0, 0.05) is 37.3 Å². The maximum Gasteiger partial charge on any atom is 0.272 e. The molecule has 0 saturated carbocycles. The van der Waals surface area contributed by atoms with Crippen LogP contribution in [0.1, 0.15) is 39.7 Å². The standard InChI is InChI=1S/C23H27BrN6O4/c1-5-22(31)26-21-13-17(29(6-2)9-10-34-15(3)4)7-8-20(21)27-28-23-16(14-25)11-18(30(32)33)12-19(23)24/h7-8,11-13,15H,5-6,9-10H2,1-4H3,(H,26,31). The second-order valence-electron chi connectivity index (χ2n) is 7.50. The molecule has 0 bridgehead atoms. The van der Waals surface area contributed by atoms with Gasteiger partial charge in [-0.15, -0.1) is 10.2 Å². The number of ether oxygens (including phenoxy) is 1. The zero-order valence-corrected chi connectivity index (χ0v) is 21.1. The molecule has 1 N–H and O–H groups in total. The number of benzene rings is 2. The normalized spacial score (nSPS) is 11.0. The second-order valence-corrected chi connectivity index (χ2v) is 8.35. The van der Waals surface area contributed by atoms with E-state index in [0.717, 1.165) is 18.3 Å². The minimum Gasteiger partial charge on any atom is -0.377 e. The van der Waals surface area contributed by atoms with Crippen molar-refractivity contribution in [3.8, 4) is 6.07 Å². The fourth-order valence-corrected chi connectivity index (χ4v) is 3.52. The molecule has 0 aliphatic heterocycles. The Kier molecular flexibility index (Phi) is 10.1. The van der Waals surface area contributed by atoms with Crippen LogP contribution < -0.4 is 10.2 Å². The summed E-state index contributed by atoms with van der Waals surface area (Å²) in [6.07, 6.45) is 0.422. The first-order valence-electron chi connectivity index (χ1n) is 10.8. The summed E-state index contributed by atoms with van der Waals surface area (Å²) in [5, 5.41) is 31.7. The lowest BCUT2D eigenvalue weighted by Gasteiger charge is -2.24. The minimum absolute atomic E-state index is 0.00268. The van der Waals surface area contributed by atoms with Crippen LogP contribution in [0.3, 0.4) is 0 Å². The van der Waals surface area contributed by atoms with Crippen LogP contribution in [0, 0.1) is 21.4 Å². The van der Waals surface area contributed by atoms with Crippen LogP contribution in [-0.2, 0) is 9.53 Å². The number of nitro groups is 1. The van der Waals surface area contributed by atoms with E-state index in [2.05, 4.69) is 36.4 Å². The van der Waals surface area contributed by atoms with Gasteiger partial charge in [-0.2, -0.15) is 5.26 Å². The highest BCUT2D eigenvalue weighted by atomic mass is 79.9. The SMILES string of the molecule is CCC(=O)Nc1cc(N(CC)CCOC(C)C)ccc1N=Nc1c(Br)cc([N+](=O)[O-])cc1C#N. The number of likely N-dealkylation sites (N-methyl/N-ethyl adjacent to an activating group) is 1. The summed E-state index contributed by atoms with van der Waals surface area (Å²) in [4.78, 5) is 24.7. The molecule has 0 radical (unpaired) electrons. The van der Waals surface area contributed by atoms with Crippen LogP contribution in [0.15, 0.2) is 45.0 Å². The molecule has 0 aliphatic carbocycles. The number of hydrogen-bond donors (Lipinski definition) is 1. The maximum atomic E-state index is 12.1. The summed E-state index contributed by atoms with van der Waals surface area (Å²) in [6.45, 7) is 9.72. The molecule has 2 aromatic carbocycles. The van der Waals surface area contributed by atoms with E-state index in [0.29, 0.717) is 24.5 Å². The fraction of sp³-hybridized carbons (Fsp3) is 0.391. The largest absolute Gasteiger partial charge is 0.377 e. The average molecular weight is 531 g/mol. The first kappa shape index (κ1) is 26.9. The Labute approximate surface area is 206 Å². The summed E-state index contributed by atoms with van der Waals surface area (Å²) in [6, 6.07) is 9.71. The van der Waals surface area contributed by atoms with Crippen molar-refractivity contribution in [1.29, 1.82) is 5.26 Å². The molecular formula is C23H27BrN6O4. The van der Waals surface area contributed by atoms with Crippen LogP contribution in [0.25, 0.3) is 0 Å². The van der Waals surface area contributed by atoms with Crippen LogP contribution >= 0.6 is 15.9 Å². The van der Waals surface area contributed by atoms with Crippen molar-refractivity contribution in [2.24, 2.45) is 10.2 Å². The van der Waals surface area contributed by atoms with Crippen molar-refractivity contribution >= 4 is 50.3 Å². The van der Waals surface area contributed by atoms with Crippen LogP contribution in [0.5, 0.6) is 0 Å². The van der Waals surface area contributed by atoms with E-state index in [1.807, 2.05) is 39.0 Å². The smallest absolute Gasteiger partial charge is 0.272 e. The van der Waals surface area contributed by atoms with Crippen molar-refractivity contribution in [3.05, 3.63) is 50.5 Å². The Morgan fingerprint density at radius 1 is 1.29 bits per heavy atom. The number of halogens is 1. The first-order chi connectivity index (χ1) is 16.2. The quantitative estimate of drug-likeness (QED) is 0.207. The van der Waals surface area contributed by atoms with E-state index in [4.69, 9.17) is 4.74 Å². The van der Waals surface area contributed by atoms with Gasteiger partial charge in [-0.3, -0.25) is 14.9 Å². The lowest BCUT2D eigenvalue weighted by atomic mass is 10.2. The van der Waals surface area contributed by atoms with Crippen molar-refractivity contribution < 1.29 is 14.5 Å². The van der Waals surface area contributed by atoms with E-state index in [1.54, 1.807) is 13.0 Å². The number of anilines is 2.